The molecule has 1 saturated heterocycles. The van der Waals surface area contributed by atoms with Gasteiger partial charge in [-0.25, -0.2) is 0 Å². The van der Waals surface area contributed by atoms with E-state index < -0.39 is 0 Å². The Morgan fingerprint density at radius 2 is 1.88 bits per heavy atom. The molecule has 4 heteroatoms. The van der Waals surface area contributed by atoms with Crippen LogP contribution in [0, 0.1) is 0 Å². The Morgan fingerprint density at radius 3 is 2.41 bits per heavy atom. The molecule has 17 heavy (non-hydrogen) atoms. The minimum atomic E-state index is -0.194. The third kappa shape index (κ3) is 1.87. The Morgan fingerprint density at radius 1 is 1.24 bits per heavy atom. The van der Waals surface area contributed by atoms with Crippen molar-refractivity contribution >= 4 is 18.5 Å². The van der Waals surface area contributed by atoms with Crippen LogP contribution in [0.15, 0.2) is 17.5 Å². The molecule has 1 aromatic heterocycles. The normalized spacial score (nSPS) is 34.0. The van der Waals surface area contributed by atoms with E-state index in [0.29, 0.717) is 11.7 Å². The summed E-state index contributed by atoms with van der Waals surface area (Å²) < 4.78 is 12.2. The van der Waals surface area contributed by atoms with Gasteiger partial charge in [-0.1, -0.05) is 6.07 Å². The van der Waals surface area contributed by atoms with Crippen LogP contribution in [0.25, 0.3) is 0 Å². The molecule has 1 aliphatic carbocycles. The van der Waals surface area contributed by atoms with Crippen molar-refractivity contribution in [2.75, 3.05) is 0 Å². The molecule has 1 saturated carbocycles. The predicted molar refractivity (Wildman–Crippen MR) is 71.5 cm³/mol. The molecule has 0 spiro atoms. The van der Waals surface area contributed by atoms with E-state index in [1.807, 2.05) is 11.3 Å². The highest BCUT2D eigenvalue weighted by Crippen LogP contribution is 2.59. The van der Waals surface area contributed by atoms with Gasteiger partial charge >= 0.3 is 7.12 Å². The lowest BCUT2D eigenvalue weighted by molar-refractivity contribution is 0.00578. The molecule has 0 amide bonds. The number of hydrogen-bond acceptors (Lipinski definition) is 3. The SMILES string of the molecule is CC1(C)OB([C@@H]2C[C@H]2c2cccs2)OC1(C)C. The van der Waals surface area contributed by atoms with Gasteiger partial charge in [0.05, 0.1) is 11.2 Å². The molecule has 2 atom stereocenters. The molecule has 92 valence electrons. The molecule has 2 heterocycles. The van der Waals surface area contributed by atoms with Crippen molar-refractivity contribution in [1.82, 2.24) is 0 Å². The third-order valence-electron chi connectivity index (χ3n) is 4.37. The first-order chi connectivity index (χ1) is 7.91. The van der Waals surface area contributed by atoms with E-state index in [4.69, 9.17) is 9.31 Å². The summed E-state index contributed by atoms with van der Waals surface area (Å²) in [6.07, 6.45) is 1.21. The number of rotatable bonds is 2. The summed E-state index contributed by atoms with van der Waals surface area (Å²) in [5, 5.41) is 2.15. The fourth-order valence-corrected chi connectivity index (χ4v) is 3.33. The standard InChI is InChI=1S/C13H19BO2S/c1-12(2)13(3,4)16-14(15-12)10-8-9(10)11-6-5-7-17-11/h5-7,9-10H,8H2,1-4H3/t9-,10-/m1/s1. The summed E-state index contributed by atoms with van der Waals surface area (Å²) in [5.41, 5.74) is -0.388. The van der Waals surface area contributed by atoms with Gasteiger partial charge in [-0.3, -0.25) is 0 Å². The maximum absolute atomic E-state index is 6.10. The largest absolute Gasteiger partial charge is 0.461 e. The highest BCUT2D eigenvalue weighted by molar-refractivity contribution is 7.10. The van der Waals surface area contributed by atoms with Crippen molar-refractivity contribution in [3.05, 3.63) is 22.4 Å². The number of hydrogen-bond donors (Lipinski definition) is 0. The zero-order valence-electron chi connectivity index (χ0n) is 10.9. The second-order valence-electron chi connectivity index (χ2n) is 6.15. The van der Waals surface area contributed by atoms with Crippen molar-refractivity contribution < 1.29 is 9.31 Å². The summed E-state index contributed by atoms with van der Waals surface area (Å²) >= 11 is 1.84. The van der Waals surface area contributed by atoms with Gasteiger partial charge in [0.25, 0.3) is 0 Å². The molecular formula is C13H19BO2S. The van der Waals surface area contributed by atoms with Crippen molar-refractivity contribution in [2.45, 2.75) is 57.1 Å². The highest BCUT2D eigenvalue weighted by atomic mass is 32.1. The van der Waals surface area contributed by atoms with E-state index >= 15 is 0 Å². The van der Waals surface area contributed by atoms with Crippen LogP contribution in [0.4, 0.5) is 0 Å². The molecule has 1 aromatic rings. The van der Waals surface area contributed by atoms with Crippen LogP contribution in [-0.4, -0.2) is 18.3 Å². The Bertz CT molecular complexity index is 397. The quantitative estimate of drug-likeness (QED) is 0.745. The summed E-state index contributed by atoms with van der Waals surface area (Å²) in [6, 6.07) is 4.35. The molecule has 0 aromatic carbocycles. The van der Waals surface area contributed by atoms with Gasteiger partial charge in [0.15, 0.2) is 0 Å². The lowest BCUT2D eigenvalue weighted by atomic mass is 9.80. The van der Waals surface area contributed by atoms with Crippen LogP contribution < -0.4 is 0 Å². The maximum Gasteiger partial charge on any atom is 0.461 e. The molecule has 0 unspecified atom stereocenters. The average Bonchev–Trinajstić information content (AvgIpc) is 2.75. The average molecular weight is 250 g/mol. The van der Waals surface area contributed by atoms with Crippen LogP contribution in [0.3, 0.4) is 0 Å². The van der Waals surface area contributed by atoms with Crippen molar-refractivity contribution in [2.24, 2.45) is 0 Å². The van der Waals surface area contributed by atoms with Gasteiger partial charge in [-0.15, -0.1) is 11.3 Å². The van der Waals surface area contributed by atoms with E-state index in [1.165, 1.54) is 11.3 Å². The van der Waals surface area contributed by atoms with Gasteiger partial charge in [0, 0.05) is 10.7 Å². The first kappa shape index (κ1) is 11.8. The van der Waals surface area contributed by atoms with Crippen LogP contribution in [0.2, 0.25) is 5.82 Å². The van der Waals surface area contributed by atoms with Crippen LogP contribution in [0.5, 0.6) is 0 Å². The van der Waals surface area contributed by atoms with Crippen LogP contribution >= 0.6 is 11.3 Å². The first-order valence-corrected chi connectivity index (χ1v) is 7.18. The van der Waals surface area contributed by atoms with Crippen LogP contribution in [0.1, 0.15) is 44.9 Å². The summed E-state index contributed by atoms with van der Waals surface area (Å²) in [6.45, 7) is 8.48. The highest BCUT2D eigenvalue weighted by Gasteiger charge is 2.60. The fourth-order valence-electron chi connectivity index (χ4n) is 2.41. The van der Waals surface area contributed by atoms with E-state index in [0.717, 1.165) is 0 Å². The van der Waals surface area contributed by atoms with Gasteiger partial charge in [-0.05, 0) is 51.5 Å². The van der Waals surface area contributed by atoms with Gasteiger partial charge in [0.2, 0.25) is 0 Å². The molecule has 0 N–H and O–H groups in total. The van der Waals surface area contributed by atoms with Gasteiger partial charge in [0.1, 0.15) is 0 Å². The van der Waals surface area contributed by atoms with Crippen molar-refractivity contribution in [3.63, 3.8) is 0 Å². The fraction of sp³-hybridized carbons (Fsp3) is 0.692. The molecule has 2 nitrogen and oxygen atoms in total. The maximum atomic E-state index is 6.10. The van der Waals surface area contributed by atoms with E-state index in [9.17, 15) is 0 Å². The second-order valence-corrected chi connectivity index (χ2v) is 7.13. The minimum Gasteiger partial charge on any atom is -0.403 e. The Hall–Kier alpha value is -0.315. The van der Waals surface area contributed by atoms with Crippen molar-refractivity contribution in [3.8, 4) is 0 Å². The minimum absolute atomic E-state index is 0.0212. The molecule has 2 aliphatic rings. The first-order valence-electron chi connectivity index (χ1n) is 6.30. The van der Waals surface area contributed by atoms with Crippen molar-refractivity contribution in [1.29, 1.82) is 0 Å². The lowest BCUT2D eigenvalue weighted by Crippen LogP contribution is -2.41. The molecule has 1 aliphatic heterocycles. The Labute approximate surface area is 107 Å². The second kappa shape index (κ2) is 3.59. The zero-order chi connectivity index (χ0) is 12.3. The lowest BCUT2D eigenvalue weighted by Gasteiger charge is -2.32. The number of thiophene rings is 1. The molecule has 3 rings (SSSR count). The summed E-state index contributed by atoms with van der Waals surface area (Å²) in [7, 11) is -0.0212. The van der Waals surface area contributed by atoms with Gasteiger partial charge in [-0.2, -0.15) is 0 Å². The van der Waals surface area contributed by atoms with E-state index in [2.05, 4.69) is 45.2 Å². The smallest absolute Gasteiger partial charge is 0.403 e. The topological polar surface area (TPSA) is 18.5 Å². The predicted octanol–water partition coefficient (Wildman–Crippen LogP) is 3.70. The summed E-state index contributed by atoms with van der Waals surface area (Å²) in [4.78, 5) is 1.48. The van der Waals surface area contributed by atoms with E-state index in [-0.39, 0.29) is 18.3 Å². The molecule has 0 radical (unpaired) electrons. The van der Waals surface area contributed by atoms with Gasteiger partial charge < -0.3 is 9.31 Å². The summed E-state index contributed by atoms with van der Waals surface area (Å²) in [5.74, 6) is 1.21. The monoisotopic (exact) mass is 250 g/mol. The van der Waals surface area contributed by atoms with E-state index in [1.54, 1.807) is 0 Å². The Kier molecular flexibility index (Phi) is 2.48. The molecule has 0 bridgehead atoms. The van der Waals surface area contributed by atoms with Crippen LogP contribution in [-0.2, 0) is 9.31 Å². The molecule has 2 fully saturated rings. The third-order valence-corrected chi connectivity index (χ3v) is 5.37. The zero-order valence-corrected chi connectivity index (χ0v) is 11.7. The Balaban J connectivity index is 1.70. The molecular weight excluding hydrogens is 231 g/mol.